The number of benzene rings is 2. The number of aromatic amines is 1. The third kappa shape index (κ3) is 32.9. The van der Waals surface area contributed by atoms with E-state index in [0.717, 1.165) is 71.8 Å². The predicted octanol–water partition coefficient (Wildman–Crippen LogP) is 2.61. The van der Waals surface area contributed by atoms with E-state index in [2.05, 4.69) is 51.2 Å². The number of amides is 3. The zero-order valence-electron chi connectivity index (χ0n) is 39.8. The number of carbonyl (C=O) groups excluding carboxylic acids is 6. The molecule has 0 bridgehead atoms. The largest absolute Gasteiger partial charge is 0.392 e. The lowest BCUT2D eigenvalue weighted by atomic mass is 9.97. The van der Waals surface area contributed by atoms with Crippen LogP contribution in [-0.4, -0.2) is 115 Å². The molecular weight excluding hydrogens is 824 g/mol. The first-order chi connectivity index (χ1) is 30.8. The van der Waals surface area contributed by atoms with Gasteiger partial charge in [-0.05, 0) is 102 Å². The second-order valence-corrected chi connectivity index (χ2v) is 13.0. The standard InChI is InChI=1S/C19H21FN2O2.C10H14N2O.C8H14O2.C3H9N.C2H7N.C2H6.2CH3NO.CH2O/c1-21-7-6-16-18-14(11-24)8-15(20)9-17(18)22-19(16)13-4-2-12(10-23)3-5-13;1-8-3-5-9(6-4-8)12-10(13)7-11-2;1-4-5-10-8(6-9)7(2)3;1-2-3-4;1-3-2;1-2;2*2-1-3;1-2/h2-5,9,11,15,21-23H,6-8,10H2,1H3;3-6,11H,7H2,1-2H3,(H,12,13);4,6-8H,1,5H2,2-3H3;2-4H2,1H3;3H,1-2H3;1-2H3;2*1H,(H2,2,3);1H2. The molecule has 2 aromatic carbocycles. The molecule has 64 heavy (non-hydrogen) atoms. The monoisotopic (exact) mass is 903 g/mol. The molecule has 1 heterocycles. The quantitative estimate of drug-likeness (QED) is 0.0787. The molecule has 0 saturated heterocycles. The topological polar surface area (TPSA) is 274 Å². The number of fused-ring (bicyclic) bond motifs is 1. The van der Waals surface area contributed by atoms with E-state index >= 15 is 0 Å². The molecule has 2 atom stereocenters. The number of ether oxygens (including phenoxy) is 1. The maximum Gasteiger partial charge on any atom is 0.238 e. The van der Waals surface area contributed by atoms with E-state index in [1.165, 1.54) is 5.56 Å². The van der Waals surface area contributed by atoms with Crippen molar-refractivity contribution in [1.29, 1.82) is 0 Å². The van der Waals surface area contributed by atoms with Crippen LogP contribution in [0.3, 0.4) is 0 Å². The van der Waals surface area contributed by atoms with Crippen LogP contribution in [0.5, 0.6) is 0 Å². The van der Waals surface area contributed by atoms with E-state index in [0.29, 0.717) is 24.1 Å². The fourth-order valence-corrected chi connectivity index (χ4v) is 4.80. The number of aliphatic hydroxyl groups excluding tert-OH is 1. The second kappa shape index (κ2) is 48.3. The maximum absolute atomic E-state index is 13.9. The number of rotatable bonds is 15. The van der Waals surface area contributed by atoms with Crippen molar-refractivity contribution >= 4 is 55.4 Å². The van der Waals surface area contributed by atoms with Gasteiger partial charge in [0.2, 0.25) is 18.7 Å². The van der Waals surface area contributed by atoms with Crippen LogP contribution in [0.25, 0.3) is 22.9 Å². The van der Waals surface area contributed by atoms with E-state index in [-0.39, 0.29) is 43.8 Å². The Morgan fingerprint density at radius 3 is 1.88 bits per heavy atom. The number of carbonyl (C=O) groups is 6. The molecule has 3 aromatic rings. The first-order valence-electron chi connectivity index (χ1n) is 20.7. The van der Waals surface area contributed by atoms with Gasteiger partial charge in [-0.2, -0.15) is 0 Å². The van der Waals surface area contributed by atoms with Crippen molar-refractivity contribution in [2.45, 2.75) is 79.7 Å². The van der Waals surface area contributed by atoms with Crippen LogP contribution in [0.15, 0.2) is 61.2 Å². The molecule has 0 aliphatic heterocycles. The minimum atomic E-state index is -1.14. The van der Waals surface area contributed by atoms with E-state index in [9.17, 15) is 23.9 Å². The number of halogens is 1. The zero-order valence-corrected chi connectivity index (χ0v) is 39.8. The summed E-state index contributed by atoms with van der Waals surface area (Å²) < 4.78 is 19.0. The number of nitrogens with two attached hydrogens (primary N) is 3. The molecule has 4 rings (SSSR count). The van der Waals surface area contributed by atoms with Crippen LogP contribution in [-0.2, 0) is 46.5 Å². The molecule has 1 aliphatic carbocycles. The zero-order chi connectivity index (χ0) is 50.3. The molecule has 1 aliphatic rings. The lowest BCUT2D eigenvalue weighted by Crippen LogP contribution is -2.34. The average Bonchev–Trinajstić information content (AvgIpc) is 3.67. The molecule has 0 saturated carbocycles. The molecule has 12 N–H and O–H groups in total. The molecule has 16 nitrogen and oxygen atoms in total. The summed E-state index contributed by atoms with van der Waals surface area (Å²) in [6.45, 7) is 19.8. The summed E-state index contributed by atoms with van der Waals surface area (Å²) in [6, 6.07) is 15.3. The number of aldehydes is 2. The highest BCUT2D eigenvalue weighted by molar-refractivity contribution is 6.00. The summed E-state index contributed by atoms with van der Waals surface area (Å²) in [5.74, 6) is 0.226. The van der Waals surface area contributed by atoms with Gasteiger partial charge in [0.05, 0.1) is 19.8 Å². The van der Waals surface area contributed by atoms with Gasteiger partial charge in [-0.1, -0.05) is 82.7 Å². The van der Waals surface area contributed by atoms with Gasteiger partial charge in [0.25, 0.3) is 0 Å². The SMILES string of the molecule is C=CCOC(C=O)C(C)C.C=O.CC.CCCN.CNC.CNCC(=O)Nc1ccc(C)cc1.CNCCc1c(-c2ccc(CO)cc2)[nH]c2c1=C(C=O)CC(F)C=2.NC=O.NC=O. The van der Waals surface area contributed by atoms with Crippen molar-refractivity contribution < 1.29 is 43.0 Å². The lowest BCUT2D eigenvalue weighted by Gasteiger charge is -2.13. The third-order valence-corrected chi connectivity index (χ3v) is 7.57. The number of hydrogen-bond donors (Lipinski definition) is 9. The van der Waals surface area contributed by atoms with Crippen molar-refractivity contribution in [2.75, 3.05) is 59.7 Å². The summed E-state index contributed by atoms with van der Waals surface area (Å²) >= 11 is 0. The van der Waals surface area contributed by atoms with Crippen LogP contribution in [0.4, 0.5) is 10.1 Å². The predicted molar refractivity (Wildman–Crippen MR) is 260 cm³/mol. The fraction of sp³-hybridized carbons (Fsp3) is 0.447. The average molecular weight is 903 g/mol. The Morgan fingerprint density at radius 1 is 0.969 bits per heavy atom. The molecule has 17 heteroatoms. The van der Waals surface area contributed by atoms with Gasteiger partial charge in [0.1, 0.15) is 31.6 Å². The minimum absolute atomic E-state index is 0.00546. The normalized spacial score (nSPS) is 11.5. The van der Waals surface area contributed by atoms with Gasteiger partial charge in [-0.3, -0.25) is 19.2 Å². The number of nitrogens with one attached hydrogen (secondary N) is 5. The minimum Gasteiger partial charge on any atom is -0.392 e. The highest BCUT2D eigenvalue weighted by Gasteiger charge is 2.20. The van der Waals surface area contributed by atoms with Crippen LogP contribution in [0.1, 0.15) is 64.2 Å². The first-order valence-corrected chi connectivity index (χ1v) is 20.7. The van der Waals surface area contributed by atoms with Crippen LogP contribution >= 0.6 is 0 Å². The Kier molecular flexibility index (Phi) is 50.9. The number of hydrogen-bond acceptors (Lipinski definition) is 12. The number of primary amides is 2. The molecule has 1 aromatic heterocycles. The van der Waals surface area contributed by atoms with Gasteiger partial charge in [-0.15, -0.1) is 6.58 Å². The van der Waals surface area contributed by atoms with Crippen molar-refractivity contribution in [3.05, 3.63) is 88.4 Å². The van der Waals surface area contributed by atoms with Crippen molar-refractivity contribution in [3.8, 4) is 11.3 Å². The summed E-state index contributed by atoms with van der Waals surface area (Å²) in [6.07, 6.45) is 5.83. The van der Waals surface area contributed by atoms with Crippen molar-refractivity contribution in [2.24, 2.45) is 23.1 Å². The van der Waals surface area contributed by atoms with Crippen LogP contribution in [0, 0.1) is 12.8 Å². The number of alkyl halides is 1. The number of aromatic nitrogens is 1. The van der Waals surface area contributed by atoms with E-state index < -0.39 is 6.17 Å². The van der Waals surface area contributed by atoms with Gasteiger partial charge >= 0.3 is 0 Å². The number of likely N-dealkylation sites (N-methyl/N-ethyl adjacent to an activating group) is 2. The summed E-state index contributed by atoms with van der Waals surface area (Å²) in [5, 5.41) is 22.1. The van der Waals surface area contributed by atoms with E-state index in [4.69, 9.17) is 24.9 Å². The summed E-state index contributed by atoms with van der Waals surface area (Å²) in [5.41, 5.74) is 19.6. The van der Waals surface area contributed by atoms with Crippen LogP contribution in [0.2, 0.25) is 0 Å². The molecule has 362 valence electrons. The van der Waals surface area contributed by atoms with Gasteiger partial charge in [0, 0.05) is 33.9 Å². The highest BCUT2D eigenvalue weighted by Crippen LogP contribution is 2.22. The number of aryl methyl sites for hydroxylation is 1. The Hall–Kier alpha value is -5.69. The molecule has 2 unspecified atom stereocenters. The number of anilines is 1. The number of aliphatic hydroxyl groups is 1. The van der Waals surface area contributed by atoms with Gasteiger partial charge < -0.3 is 62.9 Å². The second-order valence-electron chi connectivity index (χ2n) is 13.0. The number of H-pyrrole nitrogens is 1. The Morgan fingerprint density at radius 2 is 1.48 bits per heavy atom. The van der Waals surface area contributed by atoms with Crippen molar-refractivity contribution in [1.82, 2.24) is 20.9 Å². The molecule has 0 radical (unpaired) electrons. The molecule has 0 spiro atoms. The Balaban J connectivity index is -0.000000246. The lowest BCUT2D eigenvalue weighted by molar-refractivity contribution is -0.119. The fourth-order valence-electron chi connectivity index (χ4n) is 4.80. The summed E-state index contributed by atoms with van der Waals surface area (Å²) in [4.78, 5) is 61.3. The molecular formula is C47H79FN8O8. The van der Waals surface area contributed by atoms with E-state index in [1.54, 1.807) is 19.2 Å². The molecule has 0 fully saturated rings. The molecule has 3 amide bonds. The Labute approximate surface area is 380 Å². The first kappa shape index (κ1) is 67.4. The maximum atomic E-state index is 13.9. The van der Waals surface area contributed by atoms with Crippen LogP contribution < -0.4 is 49.0 Å². The third-order valence-electron chi connectivity index (χ3n) is 7.57. The Bertz CT molecular complexity index is 1730. The van der Waals surface area contributed by atoms with Crippen molar-refractivity contribution in [3.63, 3.8) is 0 Å². The summed E-state index contributed by atoms with van der Waals surface area (Å²) in [7, 11) is 7.37. The highest BCUT2D eigenvalue weighted by atomic mass is 19.1. The van der Waals surface area contributed by atoms with Gasteiger partial charge in [-0.25, -0.2) is 4.39 Å². The van der Waals surface area contributed by atoms with Gasteiger partial charge in [0.15, 0.2) is 0 Å². The van der Waals surface area contributed by atoms with E-state index in [1.807, 2.05) is 111 Å². The smallest absolute Gasteiger partial charge is 0.238 e.